The van der Waals surface area contributed by atoms with Crippen LogP contribution in [0.25, 0.3) is 5.69 Å². The van der Waals surface area contributed by atoms with Crippen LogP contribution in [0.15, 0.2) is 29.2 Å². The second-order valence-electron chi connectivity index (χ2n) is 3.67. The number of nitrogens with one attached hydrogen (secondary N) is 1. The maximum Gasteiger partial charge on any atom is 0.291 e. The number of hydrogen-bond donors (Lipinski definition) is 1. The highest BCUT2D eigenvalue weighted by Gasteiger charge is 2.07. The van der Waals surface area contributed by atoms with Crippen LogP contribution >= 0.6 is 35.4 Å². The molecule has 1 aromatic heterocycles. The van der Waals surface area contributed by atoms with Gasteiger partial charge >= 0.3 is 0 Å². The summed E-state index contributed by atoms with van der Waals surface area (Å²) in [5, 5.41) is 3.66. The van der Waals surface area contributed by atoms with Crippen molar-refractivity contribution in [3.63, 3.8) is 0 Å². The van der Waals surface area contributed by atoms with Crippen molar-refractivity contribution in [2.24, 2.45) is 0 Å². The molecule has 19 heavy (non-hydrogen) atoms. The van der Waals surface area contributed by atoms with Crippen molar-refractivity contribution in [3.8, 4) is 11.4 Å². The van der Waals surface area contributed by atoms with Gasteiger partial charge in [0.2, 0.25) is 0 Å². The number of benzene rings is 1. The first-order valence-electron chi connectivity index (χ1n) is 5.47. The summed E-state index contributed by atoms with van der Waals surface area (Å²) in [7, 11) is 0. The molecule has 0 unspecified atom stereocenters. The van der Waals surface area contributed by atoms with Gasteiger partial charge in [-0.05, 0) is 25.1 Å². The zero-order valence-corrected chi connectivity index (χ0v) is 12.3. The average molecular weight is 317 g/mol. The van der Waals surface area contributed by atoms with Crippen LogP contribution in [-0.2, 0) is 0 Å². The van der Waals surface area contributed by atoms with Gasteiger partial charge in [0.1, 0.15) is 4.51 Å². The molecule has 0 atom stereocenters. The fraction of sp³-hybridized carbons (Fsp3) is 0.167. The van der Waals surface area contributed by atoms with E-state index in [2.05, 4.69) is 5.10 Å². The van der Waals surface area contributed by atoms with E-state index in [0.717, 1.165) is 0 Å². The van der Waals surface area contributed by atoms with Crippen molar-refractivity contribution in [2.45, 2.75) is 6.92 Å². The van der Waals surface area contributed by atoms with Gasteiger partial charge in [-0.3, -0.25) is 9.89 Å². The lowest BCUT2D eigenvalue weighted by Gasteiger charge is -2.09. The Morgan fingerprint density at radius 2 is 1.95 bits per heavy atom. The lowest BCUT2D eigenvalue weighted by atomic mass is 10.3. The summed E-state index contributed by atoms with van der Waals surface area (Å²) < 4.78 is 6.63. The van der Waals surface area contributed by atoms with Crippen LogP contribution in [0, 0.1) is 4.51 Å². The molecule has 0 aliphatic rings. The molecule has 0 radical (unpaired) electrons. The van der Waals surface area contributed by atoms with E-state index in [4.69, 9.17) is 40.2 Å². The van der Waals surface area contributed by atoms with E-state index >= 15 is 0 Å². The van der Waals surface area contributed by atoms with Crippen molar-refractivity contribution < 1.29 is 4.74 Å². The molecule has 0 fully saturated rings. The van der Waals surface area contributed by atoms with E-state index in [1.165, 1.54) is 10.9 Å². The molecule has 0 spiro atoms. The van der Waals surface area contributed by atoms with Gasteiger partial charge in [-0.2, -0.15) is 0 Å². The molecule has 4 nitrogen and oxygen atoms in total. The second kappa shape index (κ2) is 5.77. The molecule has 1 N–H and O–H groups in total. The maximum absolute atomic E-state index is 12.1. The summed E-state index contributed by atoms with van der Waals surface area (Å²) in [5.41, 5.74) is 0.121. The quantitative estimate of drug-likeness (QED) is 0.880. The van der Waals surface area contributed by atoms with Crippen molar-refractivity contribution in [3.05, 3.63) is 49.3 Å². The van der Waals surface area contributed by atoms with E-state index in [9.17, 15) is 4.79 Å². The van der Waals surface area contributed by atoms with Crippen LogP contribution in [0.2, 0.25) is 10.0 Å². The van der Waals surface area contributed by atoms with Gasteiger partial charge < -0.3 is 4.74 Å². The van der Waals surface area contributed by atoms with E-state index in [0.29, 0.717) is 28.1 Å². The lowest BCUT2D eigenvalue weighted by molar-refractivity contribution is 0.335. The monoisotopic (exact) mass is 316 g/mol. The summed E-state index contributed by atoms with van der Waals surface area (Å²) in [6.45, 7) is 2.25. The predicted octanol–water partition coefficient (Wildman–Crippen LogP) is 3.60. The molecule has 1 heterocycles. The Morgan fingerprint density at radius 1 is 1.32 bits per heavy atom. The van der Waals surface area contributed by atoms with Gasteiger partial charge in [-0.15, -0.1) is 0 Å². The predicted molar refractivity (Wildman–Crippen MR) is 78.4 cm³/mol. The largest absolute Gasteiger partial charge is 0.491 e. The number of nitrogens with zero attached hydrogens (tertiary/aromatic N) is 1. The first-order chi connectivity index (χ1) is 9.02. The van der Waals surface area contributed by atoms with Crippen LogP contribution in [0.5, 0.6) is 5.75 Å². The van der Waals surface area contributed by atoms with Gasteiger partial charge in [0.25, 0.3) is 5.56 Å². The molecule has 2 aromatic rings. The molecule has 100 valence electrons. The van der Waals surface area contributed by atoms with Gasteiger partial charge in [0, 0.05) is 10.0 Å². The Morgan fingerprint density at radius 3 is 2.53 bits per heavy atom. The summed E-state index contributed by atoms with van der Waals surface area (Å²) in [6.07, 6.45) is 1.53. The molecule has 1 aromatic carbocycles. The van der Waals surface area contributed by atoms with E-state index < -0.39 is 0 Å². The Bertz CT molecular complexity index is 704. The van der Waals surface area contributed by atoms with Crippen molar-refractivity contribution >= 4 is 35.4 Å². The first kappa shape index (κ1) is 14.1. The minimum absolute atomic E-state index is 0.108. The average Bonchev–Trinajstić information content (AvgIpc) is 2.34. The molecule has 0 bridgehead atoms. The summed E-state index contributed by atoms with van der Waals surface area (Å²) in [5.74, 6) is 0.354. The Hall–Kier alpha value is -1.30. The molecule has 2 rings (SSSR count). The molecular formula is C12H10Cl2N2O2S. The molecule has 0 aliphatic carbocycles. The van der Waals surface area contributed by atoms with Crippen LogP contribution in [0.4, 0.5) is 0 Å². The number of halogens is 2. The highest BCUT2D eigenvalue weighted by molar-refractivity contribution is 7.71. The third-order valence-electron chi connectivity index (χ3n) is 2.35. The molecule has 7 heteroatoms. The van der Waals surface area contributed by atoms with Gasteiger partial charge in [-0.1, -0.05) is 35.4 Å². The Kier molecular flexibility index (Phi) is 4.29. The van der Waals surface area contributed by atoms with E-state index in [1.54, 1.807) is 18.2 Å². The van der Waals surface area contributed by atoms with Crippen molar-refractivity contribution in [1.29, 1.82) is 0 Å². The van der Waals surface area contributed by atoms with Crippen molar-refractivity contribution in [1.82, 2.24) is 9.78 Å². The second-order valence-corrected chi connectivity index (χ2v) is 4.95. The Labute approximate surface area is 124 Å². The minimum atomic E-state index is -0.390. The standard InChI is InChI=1S/C12H10Cl2N2O2S/c1-2-18-10-6-15-16(12(17)11(10)19)9-4-7(13)3-8(14)5-9/h3-6,15H,2H2,1H3. The summed E-state index contributed by atoms with van der Waals surface area (Å²) in [4.78, 5) is 12.1. The first-order valence-corrected chi connectivity index (χ1v) is 6.63. The Balaban J connectivity index is 2.61. The summed E-state index contributed by atoms with van der Waals surface area (Å²) in [6, 6.07) is 4.81. The molecule has 0 amide bonds. The molecule has 0 saturated carbocycles. The maximum atomic E-state index is 12.1. The zero-order chi connectivity index (χ0) is 14.0. The number of ether oxygens (including phenoxy) is 1. The third-order valence-corrected chi connectivity index (χ3v) is 3.16. The topological polar surface area (TPSA) is 47.0 Å². The van der Waals surface area contributed by atoms with Gasteiger partial charge in [-0.25, -0.2) is 4.68 Å². The van der Waals surface area contributed by atoms with E-state index in [1.807, 2.05) is 6.92 Å². The van der Waals surface area contributed by atoms with E-state index in [-0.39, 0.29) is 10.1 Å². The van der Waals surface area contributed by atoms with Crippen LogP contribution in [-0.4, -0.2) is 16.4 Å². The normalized spacial score (nSPS) is 10.5. The number of rotatable bonds is 3. The number of aromatic amines is 1. The SMILES string of the molecule is CCOc1c[nH]n(-c2cc(Cl)cc(Cl)c2)c(=O)c1=S. The smallest absolute Gasteiger partial charge is 0.291 e. The highest BCUT2D eigenvalue weighted by atomic mass is 35.5. The van der Waals surface area contributed by atoms with Crippen molar-refractivity contribution in [2.75, 3.05) is 6.61 Å². The van der Waals surface area contributed by atoms with Gasteiger partial charge in [0.05, 0.1) is 18.5 Å². The van der Waals surface area contributed by atoms with Crippen LogP contribution < -0.4 is 10.3 Å². The molecule has 0 aliphatic heterocycles. The minimum Gasteiger partial charge on any atom is -0.491 e. The third kappa shape index (κ3) is 3.00. The fourth-order valence-electron chi connectivity index (χ4n) is 1.58. The van der Waals surface area contributed by atoms with Gasteiger partial charge in [0.15, 0.2) is 5.75 Å². The molecule has 0 saturated heterocycles. The number of H-pyrrole nitrogens is 1. The van der Waals surface area contributed by atoms with Crippen LogP contribution in [0.3, 0.4) is 0 Å². The zero-order valence-electron chi connectivity index (χ0n) is 9.94. The number of hydrogen-bond acceptors (Lipinski definition) is 3. The lowest BCUT2D eigenvalue weighted by Crippen LogP contribution is -2.22. The fourth-order valence-corrected chi connectivity index (χ4v) is 2.30. The number of aromatic nitrogens is 2. The van der Waals surface area contributed by atoms with Crippen LogP contribution in [0.1, 0.15) is 6.92 Å². The molecular weight excluding hydrogens is 307 g/mol. The summed E-state index contributed by atoms with van der Waals surface area (Å²) >= 11 is 16.9. The highest BCUT2D eigenvalue weighted by Crippen LogP contribution is 2.21.